The van der Waals surface area contributed by atoms with Crippen LogP contribution in [-0.4, -0.2) is 52.7 Å². The van der Waals surface area contributed by atoms with Crippen LogP contribution < -0.4 is 10.6 Å². The number of hydrogen-bond acceptors (Lipinski definition) is 4. The van der Waals surface area contributed by atoms with Gasteiger partial charge >= 0.3 is 0 Å². The summed E-state index contributed by atoms with van der Waals surface area (Å²) in [5.41, 5.74) is 0.498. The van der Waals surface area contributed by atoms with Gasteiger partial charge in [-0.3, -0.25) is 14.3 Å². The number of likely N-dealkylation sites (tertiary alicyclic amines) is 1. The van der Waals surface area contributed by atoms with Crippen molar-refractivity contribution in [2.75, 3.05) is 26.2 Å². The molecule has 2 amide bonds. The monoisotopic (exact) mass is 395 g/mol. The zero-order chi connectivity index (χ0) is 20.1. The molecule has 2 aliphatic rings. The number of rotatable bonds is 5. The van der Waals surface area contributed by atoms with E-state index in [1.165, 1.54) is 0 Å². The molecule has 0 saturated carbocycles. The second-order valence-electron chi connectivity index (χ2n) is 8.00. The maximum absolute atomic E-state index is 13.5. The molecule has 2 aromatic rings. The maximum Gasteiger partial charge on any atom is 0.250 e. The summed E-state index contributed by atoms with van der Waals surface area (Å²) in [5.74, 6) is 0.201. The molecule has 154 valence electrons. The predicted octanol–water partition coefficient (Wildman–Crippen LogP) is 1.52. The highest BCUT2D eigenvalue weighted by Gasteiger charge is 2.45. The Morgan fingerprint density at radius 2 is 1.83 bits per heavy atom. The van der Waals surface area contributed by atoms with E-state index in [0.717, 1.165) is 31.5 Å². The Hall–Kier alpha value is -2.67. The van der Waals surface area contributed by atoms with Crippen LogP contribution in [0, 0.1) is 5.92 Å². The molecule has 7 nitrogen and oxygen atoms in total. The number of amides is 2. The Kier molecular flexibility index (Phi) is 5.94. The standard InChI is InChI=1S/C22H29N5O2/c28-20(24-17-18-5-2-1-3-6-18)19-7-15-26(16-8-19)21(29)22(9-12-23-13-10-22)27-14-4-11-25-27/h1-6,11,14,19,23H,7-10,12-13,15-17H2,(H,24,28). The zero-order valence-corrected chi connectivity index (χ0v) is 16.7. The van der Waals surface area contributed by atoms with Gasteiger partial charge in [0.2, 0.25) is 5.91 Å². The van der Waals surface area contributed by atoms with Gasteiger partial charge < -0.3 is 15.5 Å². The Balaban J connectivity index is 1.35. The molecule has 0 unspecified atom stereocenters. The SMILES string of the molecule is O=C(NCc1ccccc1)C1CCN(C(=O)C2(n3cccn3)CCNCC2)CC1. The number of nitrogens with one attached hydrogen (secondary N) is 2. The van der Waals surface area contributed by atoms with Crippen LogP contribution in [-0.2, 0) is 21.7 Å². The topological polar surface area (TPSA) is 79.3 Å². The van der Waals surface area contributed by atoms with Crippen molar-refractivity contribution in [1.29, 1.82) is 0 Å². The molecule has 0 aliphatic carbocycles. The first kappa shape index (κ1) is 19.6. The number of nitrogens with zero attached hydrogens (tertiary/aromatic N) is 3. The quantitative estimate of drug-likeness (QED) is 0.805. The van der Waals surface area contributed by atoms with E-state index in [-0.39, 0.29) is 17.7 Å². The summed E-state index contributed by atoms with van der Waals surface area (Å²) < 4.78 is 1.84. The molecule has 0 spiro atoms. The minimum absolute atomic E-state index is 0.0311. The van der Waals surface area contributed by atoms with Crippen LogP contribution >= 0.6 is 0 Å². The van der Waals surface area contributed by atoms with E-state index in [1.54, 1.807) is 6.20 Å². The highest BCUT2D eigenvalue weighted by molar-refractivity contribution is 5.85. The van der Waals surface area contributed by atoms with Crippen LogP contribution in [0.5, 0.6) is 0 Å². The Morgan fingerprint density at radius 3 is 2.48 bits per heavy atom. The molecule has 29 heavy (non-hydrogen) atoms. The highest BCUT2D eigenvalue weighted by atomic mass is 16.2. The number of hydrogen-bond donors (Lipinski definition) is 2. The van der Waals surface area contributed by atoms with E-state index in [1.807, 2.05) is 52.2 Å². The van der Waals surface area contributed by atoms with E-state index in [2.05, 4.69) is 15.7 Å². The zero-order valence-electron chi connectivity index (χ0n) is 16.7. The third-order valence-electron chi connectivity index (χ3n) is 6.23. The van der Waals surface area contributed by atoms with Crippen molar-refractivity contribution in [2.24, 2.45) is 5.92 Å². The fraction of sp³-hybridized carbons (Fsp3) is 0.500. The van der Waals surface area contributed by atoms with Gasteiger partial charge in [0.1, 0.15) is 5.54 Å². The highest BCUT2D eigenvalue weighted by Crippen LogP contribution is 2.31. The lowest BCUT2D eigenvalue weighted by Gasteiger charge is -2.42. The summed E-state index contributed by atoms with van der Waals surface area (Å²) in [6.07, 6.45) is 6.53. The van der Waals surface area contributed by atoms with Crippen LogP contribution in [0.3, 0.4) is 0 Å². The Labute approximate surface area is 171 Å². The van der Waals surface area contributed by atoms with Crippen LogP contribution in [0.1, 0.15) is 31.2 Å². The molecule has 0 atom stereocenters. The van der Waals surface area contributed by atoms with Gasteiger partial charge in [0.15, 0.2) is 0 Å². The molecule has 7 heteroatoms. The van der Waals surface area contributed by atoms with Gasteiger partial charge in [-0.25, -0.2) is 0 Å². The summed E-state index contributed by atoms with van der Waals surface area (Å²) in [4.78, 5) is 28.0. The summed E-state index contributed by atoms with van der Waals surface area (Å²) in [5, 5.41) is 10.8. The fourth-order valence-electron chi connectivity index (χ4n) is 4.47. The van der Waals surface area contributed by atoms with E-state index in [4.69, 9.17) is 0 Å². The molecule has 2 fully saturated rings. The Morgan fingerprint density at radius 1 is 1.10 bits per heavy atom. The normalized spacial score (nSPS) is 19.7. The van der Waals surface area contributed by atoms with Crippen molar-refractivity contribution < 1.29 is 9.59 Å². The number of aromatic nitrogens is 2. The van der Waals surface area contributed by atoms with Gasteiger partial charge in [-0.2, -0.15) is 5.10 Å². The first-order valence-corrected chi connectivity index (χ1v) is 10.5. The second kappa shape index (κ2) is 8.78. The number of carbonyl (C=O) groups excluding carboxylic acids is 2. The van der Waals surface area contributed by atoms with Crippen molar-refractivity contribution in [2.45, 2.75) is 37.8 Å². The first-order valence-electron chi connectivity index (χ1n) is 10.5. The average Bonchev–Trinajstić information content (AvgIpc) is 3.34. The first-order chi connectivity index (χ1) is 14.2. The van der Waals surface area contributed by atoms with Crippen molar-refractivity contribution in [3.05, 3.63) is 54.4 Å². The molecule has 0 radical (unpaired) electrons. The van der Waals surface area contributed by atoms with Crippen LogP contribution in [0.25, 0.3) is 0 Å². The average molecular weight is 396 g/mol. The second-order valence-corrected chi connectivity index (χ2v) is 8.00. The third kappa shape index (κ3) is 4.19. The van der Waals surface area contributed by atoms with Gasteiger partial charge in [-0.1, -0.05) is 30.3 Å². The smallest absolute Gasteiger partial charge is 0.250 e. The van der Waals surface area contributed by atoms with E-state index in [9.17, 15) is 9.59 Å². The Bertz CT molecular complexity index is 807. The van der Waals surface area contributed by atoms with Gasteiger partial charge in [0.25, 0.3) is 5.91 Å². The van der Waals surface area contributed by atoms with Crippen LogP contribution in [0.15, 0.2) is 48.8 Å². The summed E-state index contributed by atoms with van der Waals surface area (Å²) in [6.45, 7) is 3.42. The number of piperidine rings is 2. The van der Waals surface area contributed by atoms with Crippen LogP contribution in [0.4, 0.5) is 0 Å². The molecular weight excluding hydrogens is 366 g/mol. The van der Waals surface area contributed by atoms with Crippen molar-refractivity contribution in [1.82, 2.24) is 25.3 Å². The lowest BCUT2D eigenvalue weighted by Crippen LogP contribution is -2.57. The molecule has 0 bridgehead atoms. The van der Waals surface area contributed by atoms with E-state index in [0.29, 0.717) is 32.5 Å². The number of carbonyl (C=O) groups is 2. The van der Waals surface area contributed by atoms with E-state index >= 15 is 0 Å². The molecule has 2 saturated heterocycles. The van der Waals surface area contributed by atoms with Crippen molar-refractivity contribution >= 4 is 11.8 Å². The van der Waals surface area contributed by atoms with Crippen molar-refractivity contribution in [3.63, 3.8) is 0 Å². The third-order valence-corrected chi connectivity index (χ3v) is 6.23. The van der Waals surface area contributed by atoms with Gasteiger partial charge in [0.05, 0.1) is 0 Å². The molecule has 2 N–H and O–H groups in total. The lowest BCUT2D eigenvalue weighted by molar-refractivity contribution is -0.146. The summed E-state index contributed by atoms with van der Waals surface area (Å²) in [6, 6.07) is 11.8. The molecular formula is C22H29N5O2. The molecule has 1 aromatic heterocycles. The van der Waals surface area contributed by atoms with Gasteiger partial charge in [0, 0.05) is 37.9 Å². The minimum atomic E-state index is -0.600. The van der Waals surface area contributed by atoms with Gasteiger partial charge in [-0.05, 0) is 50.4 Å². The van der Waals surface area contributed by atoms with Gasteiger partial charge in [-0.15, -0.1) is 0 Å². The molecule has 1 aromatic carbocycles. The summed E-state index contributed by atoms with van der Waals surface area (Å²) in [7, 11) is 0. The minimum Gasteiger partial charge on any atom is -0.352 e. The predicted molar refractivity (Wildman–Crippen MR) is 110 cm³/mol. The van der Waals surface area contributed by atoms with E-state index < -0.39 is 5.54 Å². The summed E-state index contributed by atoms with van der Waals surface area (Å²) >= 11 is 0. The fourth-order valence-corrected chi connectivity index (χ4v) is 4.47. The maximum atomic E-state index is 13.5. The van der Waals surface area contributed by atoms with Crippen molar-refractivity contribution in [3.8, 4) is 0 Å². The molecule has 4 rings (SSSR count). The molecule has 2 aliphatic heterocycles. The molecule has 3 heterocycles. The lowest BCUT2D eigenvalue weighted by atomic mass is 9.85. The largest absolute Gasteiger partial charge is 0.352 e. The number of benzene rings is 1. The van der Waals surface area contributed by atoms with Crippen LogP contribution in [0.2, 0.25) is 0 Å².